The summed E-state index contributed by atoms with van der Waals surface area (Å²) in [4.78, 5) is 22.9. The van der Waals surface area contributed by atoms with Gasteiger partial charge in [-0.2, -0.15) is 0 Å². The third kappa shape index (κ3) is 17.2. The Bertz CT molecular complexity index is 2410. The molecule has 0 unspecified atom stereocenters. The molecule has 0 aliphatic carbocycles. The van der Waals surface area contributed by atoms with Gasteiger partial charge in [0.2, 0.25) is 0 Å². The number of halogens is 8. The van der Waals surface area contributed by atoms with E-state index >= 15 is 0 Å². The van der Waals surface area contributed by atoms with Gasteiger partial charge in [-0.25, -0.2) is 0 Å². The van der Waals surface area contributed by atoms with Crippen molar-refractivity contribution in [3.8, 4) is 0 Å². The van der Waals surface area contributed by atoms with Crippen LogP contribution < -0.4 is 31.8 Å². The van der Waals surface area contributed by atoms with Crippen LogP contribution in [0.4, 0.5) is 11.4 Å². The fourth-order valence-electron chi connectivity index (χ4n) is 7.69. The molecule has 8 rings (SSSR count). The summed E-state index contributed by atoms with van der Waals surface area (Å²) in [7, 11) is -4.29. The molecule has 0 radical (unpaired) electrons. The van der Waals surface area contributed by atoms with Crippen molar-refractivity contribution in [2.24, 2.45) is 0 Å². The van der Waals surface area contributed by atoms with Crippen LogP contribution in [-0.4, -0.2) is 9.85 Å². The number of para-hydroxylation sites is 2. The molecule has 0 saturated carbocycles. The minimum atomic E-state index is -2.15. The van der Waals surface area contributed by atoms with Crippen LogP contribution in [0.15, 0.2) is 231 Å². The van der Waals surface area contributed by atoms with Gasteiger partial charge in [-0.15, -0.1) is 0 Å². The molecule has 8 aromatic carbocycles. The van der Waals surface area contributed by atoms with Crippen molar-refractivity contribution in [3.63, 3.8) is 0 Å². The zero-order valence-electron chi connectivity index (χ0n) is 35.6. The first kappa shape index (κ1) is 57.2. The zero-order valence-corrected chi connectivity index (χ0v) is 52.4. The van der Waals surface area contributed by atoms with E-state index in [1.807, 2.05) is 60.7 Å². The molecule has 8 aromatic rings. The topological polar surface area (TPSA) is 86.3 Å². The third-order valence-corrected chi connectivity index (χ3v) is 19.1. The molecule has 0 N–H and O–H groups in total. The number of nitro benzene ring substituents is 2. The van der Waals surface area contributed by atoms with Crippen molar-refractivity contribution in [3.05, 3.63) is 262 Å². The standard InChI is InChI=1S/2C25H21NO2P.8BrH.2Mn/c2*27-26(28)25-19-11-10-12-21(25)20-29(22-13-4-1-5-14-22,23-15-6-2-7-16-23)24-17-8-3-9-18-24;;;;;;;;;;/h2*1-19H,20H2;8*1H;;/q2*+1;;;;;;;;;2*+3/p-8. The number of benzene rings is 8. The Morgan fingerprint density at radius 1 is 0.309 bits per heavy atom. The van der Waals surface area contributed by atoms with Crippen LogP contribution in [0.25, 0.3) is 0 Å². The molecule has 356 valence electrons. The summed E-state index contributed by atoms with van der Waals surface area (Å²) >= 11 is 26.1. The molecular formula is C50H42Br8Mn2N2O4P2. The summed E-state index contributed by atoms with van der Waals surface area (Å²) in [6.45, 7) is 0. The van der Waals surface area contributed by atoms with Crippen molar-refractivity contribution in [1.82, 2.24) is 0 Å². The van der Waals surface area contributed by atoms with Crippen LogP contribution in [0.2, 0.25) is 0 Å². The fraction of sp³-hybridized carbons (Fsp3) is 0.0400. The van der Waals surface area contributed by atoms with Gasteiger partial charge in [-0.1, -0.05) is 133 Å². The molecule has 0 spiro atoms. The summed E-state index contributed by atoms with van der Waals surface area (Å²) in [5.41, 5.74) is -0.857. The number of hydrogen-bond acceptors (Lipinski definition) is 4. The Morgan fingerprint density at radius 2 is 0.471 bits per heavy atom. The van der Waals surface area contributed by atoms with Crippen LogP contribution >= 0.6 is 127 Å². The van der Waals surface area contributed by atoms with Gasteiger partial charge in [-0.3, -0.25) is 20.2 Å². The van der Waals surface area contributed by atoms with Crippen LogP contribution in [0, 0.1) is 20.2 Å². The molecular weight excluding hydrogens is 1500 g/mol. The van der Waals surface area contributed by atoms with Crippen molar-refractivity contribution < 1.29 is 21.1 Å². The first-order valence-electron chi connectivity index (χ1n) is 20.1. The van der Waals surface area contributed by atoms with Crippen molar-refractivity contribution in [2.45, 2.75) is 12.3 Å². The van der Waals surface area contributed by atoms with E-state index < -0.39 is 25.8 Å². The minimum absolute atomic E-state index is 0.180. The maximum absolute atomic E-state index is 11.7. The van der Waals surface area contributed by atoms with Crippen molar-refractivity contribution in [2.75, 3.05) is 0 Å². The molecule has 68 heavy (non-hydrogen) atoms. The average molecular weight is 1550 g/mol. The summed E-state index contributed by atoms with van der Waals surface area (Å²) in [5.74, 6) is 0. The van der Waals surface area contributed by atoms with E-state index in [2.05, 4.69) is 258 Å². The molecule has 0 amide bonds. The molecule has 0 heterocycles. The second kappa shape index (κ2) is 27.9. The van der Waals surface area contributed by atoms with Crippen LogP contribution in [0.1, 0.15) is 11.1 Å². The third-order valence-electron chi connectivity index (χ3n) is 10.4. The average Bonchev–Trinajstić information content (AvgIpc) is 3.33. The molecule has 18 heteroatoms. The van der Waals surface area contributed by atoms with Crippen LogP contribution in [-0.2, 0) is 23.6 Å². The Kier molecular flexibility index (Phi) is 23.5. The monoisotopic (exact) mass is 1540 g/mol. The second-order valence-corrected chi connectivity index (χ2v) is 92.8. The fourth-order valence-corrected chi connectivity index (χ4v) is 16.2. The molecule has 0 fully saturated rings. The summed E-state index contributed by atoms with van der Waals surface area (Å²) < 4.78 is 0. The molecule has 0 aliphatic heterocycles. The predicted octanol–water partition coefficient (Wildman–Crippen LogP) is 16.9. The van der Waals surface area contributed by atoms with Crippen molar-refractivity contribution in [1.29, 1.82) is 0 Å². The molecule has 0 aliphatic rings. The van der Waals surface area contributed by atoms with E-state index in [9.17, 15) is 20.2 Å². The Hall–Kier alpha value is -1.70. The Morgan fingerprint density at radius 3 is 0.647 bits per heavy atom. The molecule has 0 saturated heterocycles. The molecule has 0 atom stereocenters. The van der Waals surface area contributed by atoms with Gasteiger partial charge in [0.25, 0.3) is 11.4 Å². The van der Waals surface area contributed by atoms with Gasteiger partial charge >= 0.3 is 124 Å². The SMILES string of the molecule is O=[N+]([O-])c1ccccc1C[P+](c1ccccc1)(c1ccccc1)c1ccccc1.O=[N+]([O-])c1ccccc1C[P+](c1ccccc1)(c1ccccc1)c1ccccc1.[Br][Mn-]([Br])([Br])[Br].[Br][Mn-]([Br])([Br])[Br]. The van der Waals surface area contributed by atoms with Gasteiger partial charge in [-0.05, 0) is 84.9 Å². The van der Waals surface area contributed by atoms with Gasteiger partial charge in [0.05, 0.1) is 21.0 Å². The number of nitrogens with zero attached hydrogens (tertiary/aromatic N) is 2. The van der Waals surface area contributed by atoms with E-state index in [-0.39, 0.29) is 21.2 Å². The first-order chi connectivity index (χ1) is 32.4. The molecule has 0 aromatic heterocycles. The predicted molar refractivity (Wildman–Crippen MR) is 315 cm³/mol. The van der Waals surface area contributed by atoms with Gasteiger partial charge in [0, 0.05) is 12.1 Å². The van der Waals surface area contributed by atoms with Gasteiger partial charge in [0.1, 0.15) is 58.7 Å². The number of rotatable bonds is 12. The van der Waals surface area contributed by atoms with Crippen molar-refractivity contribution >= 4 is 171 Å². The summed E-state index contributed by atoms with van der Waals surface area (Å²) in [6.07, 6.45) is 1.20. The zero-order chi connectivity index (χ0) is 49.2. The molecule has 6 nitrogen and oxygen atoms in total. The molecule has 0 bridgehead atoms. The maximum atomic E-state index is 11.7. The first-order valence-corrected chi connectivity index (χ1v) is 47.4. The Balaban J connectivity index is 0.000000212. The van der Waals surface area contributed by atoms with E-state index in [4.69, 9.17) is 0 Å². The van der Waals surface area contributed by atoms with E-state index in [0.29, 0.717) is 12.3 Å². The Labute approximate surface area is 459 Å². The summed E-state index contributed by atoms with van der Waals surface area (Å²) in [6, 6.07) is 76.8. The normalized spacial score (nSPS) is 11.8. The van der Waals surface area contributed by atoms with E-state index in [1.165, 1.54) is 31.8 Å². The van der Waals surface area contributed by atoms with E-state index in [1.54, 1.807) is 24.3 Å². The van der Waals surface area contributed by atoms with Gasteiger partial charge in [0.15, 0.2) is 0 Å². The number of nitro groups is 2. The van der Waals surface area contributed by atoms with E-state index in [0.717, 1.165) is 11.1 Å². The second-order valence-electron chi connectivity index (χ2n) is 14.4. The van der Waals surface area contributed by atoms with Crippen LogP contribution in [0.3, 0.4) is 0 Å². The van der Waals surface area contributed by atoms with Crippen LogP contribution in [0.5, 0.6) is 0 Å². The summed E-state index contributed by atoms with van der Waals surface area (Å²) in [5, 5.41) is 30.8. The number of hydrogen-bond donors (Lipinski definition) is 0. The quantitative estimate of drug-likeness (QED) is 0.0528. The van der Waals surface area contributed by atoms with Gasteiger partial charge < -0.3 is 0 Å².